The molecule has 0 spiro atoms. The van der Waals surface area contributed by atoms with Gasteiger partial charge in [0.2, 0.25) is 5.91 Å². The normalized spacial score (nSPS) is 16.6. The molecule has 4 N–H and O–H groups in total. The van der Waals surface area contributed by atoms with Crippen LogP contribution in [0.1, 0.15) is 10.4 Å². The van der Waals surface area contributed by atoms with Gasteiger partial charge in [-0.3, -0.25) is 19.4 Å². The Hall–Kier alpha value is -3.64. The number of fused-ring (bicyclic) bond motifs is 1. The highest BCUT2D eigenvalue weighted by atomic mass is 35.5. The highest BCUT2D eigenvalue weighted by molar-refractivity contribution is 8.00. The third-order valence-electron chi connectivity index (χ3n) is 4.49. The minimum atomic E-state index is -1.47. The minimum Gasteiger partial charge on any atom is -0.506 e. The largest absolute Gasteiger partial charge is 0.506 e. The molecule has 1 aliphatic heterocycles. The summed E-state index contributed by atoms with van der Waals surface area (Å²) in [6.07, 6.45) is 0.458. The van der Waals surface area contributed by atoms with Crippen molar-refractivity contribution in [3.8, 4) is 5.75 Å². The van der Waals surface area contributed by atoms with Crippen LogP contribution in [-0.4, -0.2) is 63.7 Å². The third-order valence-corrected chi connectivity index (χ3v) is 6.03. The number of nitrogens with zero attached hydrogens (tertiary/aromatic N) is 1. The summed E-state index contributed by atoms with van der Waals surface area (Å²) >= 11 is 6.90. The summed E-state index contributed by atoms with van der Waals surface area (Å²) in [5.74, 6) is -3.23. The number of aliphatic carboxylic acids is 1. The second-order valence-corrected chi connectivity index (χ2v) is 8.30. The number of phenolic OH excluding ortho intramolecular Hbond substituents is 1. The smallest absolute Gasteiger partial charge is 0.349 e. The third kappa shape index (κ3) is 5.41. The summed E-state index contributed by atoms with van der Waals surface area (Å²) in [6.45, 7) is 3.01. The Morgan fingerprint density at radius 1 is 1.36 bits per heavy atom. The molecule has 172 valence electrons. The number of hydrogen-bond donors (Lipinski definition) is 4. The molecule has 3 rings (SSSR count). The highest BCUT2D eigenvalue weighted by Gasteiger charge is 2.33. The molecule has 13 heteroatoms. The maximum atomic E-state index is 12.4. The van der Waals surface area contributed by atoms with Gasteiger partial charge in [-0.1, -0.05) is 18.2 Å². The fraction of sp³-hybridized carbons (Fsp3) is 0.200. The predicted molar refractivity (Wildman–Crippen MR) is 120 cm³/mol. The number of amides is 2. The van der Waals surface area contributed by atoms with Crippen LogP contribution in [0.25, 0.3) is 11.0 Å². The number of aromatic hydroxyl groups is 1. The first-order valence-corrected chi connectivity index (χ1v) is 10.6. The Morgan fingerprint density at radius 2 is 2.09 bits per heavy atom. The minimum absolute atomic E-state index is 0.00315. The number of nitrogens with one attached hydrogen (secondary N) is 2. The quantitative estimate of drug-likeness (QED) is 0.320. The van der Waals surface area contributed by atoms with Gasteiger partial charge in [0.25, 0.3) is 5.91 Å². The summed E-state index contributed by atoms with van der Waals surface area (Å²) in [4.78, 5) is 63.4. The number of benzene rings is 1. The van der Waals surface area contributed by atoms with Crippen molar-refractivity contribution >= 4 is 64.1 Å². The summed E-state index contributed by atoms with van der Waals surface area (Å²) in [5, 5.41) is 22.8. The van der Waals surface area contributed by atoms with Crippen molar-refractivity contribution in [1.82, 2.24) is 10.6 Å². The van der Waals surface area contributed by atoms with Crippen LogP contribution in [0.4, 0.5) is 0 Å². The lowest BCUT2D eigenvalue weighted by Crippen LogP contribution is -2.51. The maximum absolute atomic E-state index is 12.4. The molecule has 11 nitrogen and oxygen atoms in total. The molecule has 1 aromatic carbocycles. The molecule has 1 aromatic heterocycles. The van der Waals surface area contributed by atoms with Crippen LogP contribution in [0.15, 0.2) is 44.6 Å². The molecule has 2 atom stereocenters. The number of carboxylic acid groups (broad SMARTS) is 1. The van der Waals surface area contributed by atoms with Crippen molar-refractivity contribution in [2.45, 2.75) is 11.4 Å². The van der Waals surface area contributed by atoms with E-state index < -0.39 is 46.9 Å². The van der Waals surface area contributed by atoms with E-state index in [2.05, 4.69) is 22.2 Å². The molecular formula is C20H16ClN3O8S. The molecule has 0 saturated heterocycles. The number of halogens is 1. The Morgan fingerprint density at radius 3 is 2.76 bits per heavy atom. The molecule has 2 amide bonds. The first-order valence-electron chi connectivity index (χ1n) is 9.20. The monoisotopic (exact) mass is 493 g/mol. The van der Waals surface area contributed by atoms with Crippen LogP contribution in [-0.2, 0) is 14.4 Å². The second-order valence-electron chi connectivity index (χ2n) is 6.79. The SMILES string of the molecule is C=C1CSC(C(NC(=O)CNC(=O)c2cc3cc(Cl)c(O)cc3oc2=O)C(=O)O)N=C1C=O. The molecular weight excluding hydrogens is 478 g/mol. The average molecular weight is 494 g/mol. The van der Waals surface area contributed by atoms with E-state index in [9.17, 15) is 34.2 Å². The number of phenols is 1. The molecule has 1 aliphatic rings. The molecule has 0 bridgehead atoms. The number of carbonyl (C=O) groups excluding carboxylic acids is 3. The van der Waals surface area contributed by atoms with Gasteiger partial charge in [-0.05, 0) is 17.7 Å². The number of rotatable bonds is 7. The molecule has 2 heterocycles. The topological polar surface area (TPSA) is 175 Å². The van der Waals surface area contributed by atoms with Gasteiger partial charge in [0.15, 0.2) is 12.3 Å². The van der Waals surface area contributed by atoms with Gasteiger partial charge in [-0.15, -0.1) is 11.8 Å². The van der Waals surface area contributed by atoms with Gasteiger partial charge in [-0.25, -0.2) is 9.59 Å². The molecule has 0 saturated carbocycles. The lowest BCUT2D eigenvalue weighted by molar-refractivity contribution is -0.141. The number of thioether (sulfide) groups is 1. The number of carbonyl (C=O) groups is 4. The van der Waals surface area contributed by atoms with E-state index in [0.29, 0.717) is 11.9 Å². The zero-order valence-corrected chi connectivity index (χ0v) is 18.2. The molecule has 0 aliphatic carbocycles. The zero-order valence-electron chi connectivity index (χ0n) is 16.7. The number of aldehydes is 1. The van der Waals surface area contributed by atoms with Crippen molar-refractivity contribution in [2.75, 3.05) is 12.3 Å². The van der Waals surface area contributed by atoms with E-state index >= 15 is 0 Å². The van der Waals surface area contributed by atoms with Crippen LogP contribution in [0.2, 0.25) is 5.02 Å². The van der Waals surface area contributed by atoms with Gasteiger partial charge >= 0.3 is 11.6 Å². The standard InChI is InChI=1S/C20H16ClN3O8S/c1-8-7-33-18(23-12(8)6-25)16(19(29)30)24-15(27)5-22-17(28)10-2-9-3-11(21)13(26)4-14(9)32-20(10)31/h2-4,6,16,18,26H,1,5,7H2,(H,22,28)(H,24,27)(H,29,30). The first-order chi connectivity index (χ1) is 15.6. The summed E-state index contributed by atoms with van der Waals surface area (Å²) in [6, 6.07) is 2.13. The summed E-state index contributed by atoms with van der Waals surface area (Å²) in [5.41, 5.74) is -0.972. The van der Waals surface area contributed by atoms with E-state index in [0.717, 1.165) is 17.8 Å². The highest BCUT2D eigenvalue weighted by Crippen LogP contribution is 2.28. The van der Waals surface area contributed by atoms with Crippen molar-refractivity contribution in [3.05, 3.63) is 51.4 Å². The summed E-state index contributed by atoms with van der Waals surface area (Å²) in [7, 11) is 0. The molecule has 0 radical (unpaired) electrons. The van der Waals surface area contributed by atoms with E-state index in [4.69, 9.17) is 16.0 Å². The predicted octanol–water partition coefficient (Wildman–Crippen LogP) is 0.720. The number of carboxylic acids is 1. The van der Waals surface area contributed by atoms with E-state index in [1.54, 1.807) is 0 Å². The van der Waals surface area contributed by atoms with Gasteiger partial charge in [-0.2, -0.15) is 0 Å². The Bertz CT molecular complexity index is 1270. The summed E-state index contributed by atoms with van der Waals surface area (Å²) < 4.78 is 4.99. The van der Waals surface area contributed by atoms with E-state index in [1.807, 2.05) is 0 Å². The fourth-order valence-corrected chi connectivity index (χ4v) is 4.09. The Balaban J connectivity index is 1.69. The Labute approximate surface area is 194 Å². The van der Waals surface area contributed by atoms with Crippen LogP contribution >= 0.6 is 23.4 Å². The molecule has 2 aromatic rings. The second kappa shape index (κ2) is 9.88. The lowest BCUT2D eigenvalue weighted by atomic mass is 10.1. The van der Waals surface area contributed by atoms with E-state index in [1.165, 1.54) is 12.1 Å². The number of aliphatic imine (C=N–C) groups is 1. The fourth-order valence-electron chi connectivity index (χ4n) is 2.83. The van der Waals surface area contributed by atoms with Gasteiger partial charge in [0.1, 0.15) is 28.0 Å². The van der Waals surface area contributed by atoms with Crippen LogP contribution in [0.5, 0.6) is 5.75 Å². The number of hydrogen-bond acceptors (Lipinski definition) is 9. The first kappa shape index (κ1) is 24.0. The van der Waals surface area contributed by atoms with Crippen molar-refractivity contribution in [1.29, 1.82) is 0 Å². The molecule has 2 unspecified atom stereocenters. The van der Waals surface area contributed by atoms with Crippen molar-refractivity contribution in [2.24, 2.45) is 4.99 Å². The van der Waals surface area contributed by atoms with Crippen LogP contribution < -0.4 is 16.3 Å². The van der Waals surface area contributed by atoms with Crippen molar-refractivity contribution < 1.29 is 33.8 Å². The van der Waals surface area contributed by atoms with Gasteiger partial charge in [0.05, 0.1) is 11.6 Å². The average Bonchev–Trinajstić information content (AvgIpc) is 2.77. The van der Waals surface area contributed by atoms with Gasteiger partial charge in [0, 0.05) is 17.2 Å². The van der Waals surface area contributed by atoms with Gasteiger partial charge < -0.3 is 25.3 Å². The van der Waals surface area contributed by atoms with Crippen molar-refractivity contribution in [3.63, 3.8) is 0 Å². The maximum Gasteiger partial charge on any atom is 0.349 e. The Kier molecular flexibility index (Phi) is 7.19. The van der Waals surface area contributed by atoms with Crippen LogP contribution in [0.3, 0.4) is 0 Å². The molecule has 0 fully saturated rings. The lowest BCUT2D eigenvalue weighted by Gasteiger charge is -2.25. The van der Waals surface area contributed by atoms with E-state index in [-0.39, 0.29) is 33.2 Å². The van der Waals surface area contributed by atoms with Crippen LogP contribution in [0, 0.1) is 0 Å². The molecule has 33 heavy (non-hydrogen) atoms. The zero-order chi connectivity index (χ0) is 24.3.